The van der Waals surface area contributed by atoms with Crippen molar-refractivity contribution in [1.82, 2.24) is 0 Å². The zero-order chi connectivity index (χ0) is 16.6. The van der Waals surface area contributed by atoms with E-state index in [1.165, 1.54) is 0 Å². The lowest BCUT2D eigenvalue weighted by molar-refractivity contribution is -0.167. The molecule has 0 unspecified atom stereocenters. The molecule has 1 rings (SSSR count). The van der Waals surface area contributed by atoms with Crippen LogP contribution in [0.2, 0.25) is 0 Å². The van der Waals surface area contributed by atoms with E-state index in [4.69, 9.17) is 5.11 Å². The van der Waals surface area contributed by atoms with Crippen molar-refractivity contribution in [2.75, 3.05) is 5.32 Å². The molecule has 0 aromatic heterocycles. The van der Waals surface area contributed by atoms with Gasteiger partial charge in [0.25, 0.3) is 0 Å². The highest BCUT2D eigenvalue weighted by molar-refractivity contribution is 5.97. The van der Waals surface area contributed by atoms with E-state index in [1.807, 2.05) is 0 Å². The molecule has 116 valence electrons. The third-order valence-electron chi connectivity index (χ3n) is 2.12. The van der Waals surface area contributed by atoms with Gasteiger partial charge in [-0.05, 0) is 12.1 Å². The molecule has 0 saturated carbocycles. The zero-order valence-electron chi connectivity index (χ0n) is 9.56. The van der Waals surface area contributed by atoms with Crippen LogP contribution in [-0.4, -0.2) is 23.2 Å². The number of carbonyl (C=O) groups excluding carboxylic acids is 1. The molecule has 0 radical (unpaired) electrons. The average molecular weight is 319 g/mol. The summed E-state index contributed by atoms with van der Waals surface area (Å²) in [7, 11) is 0. The van der Waals surface area contributed by atoms with Crippen LogP contribution in [0.3, 0.4) is 0 Å². The number of amides is 1. The smallest absolute Gasteiger partial charge is 0.471 e. The highest BCUT2D eigenvalue weighted by Crippen LogP contribution is 2.35. The Morgan fingerprint density at radius 1 is 1.05 bits per heavy atom. The van der Waals surface area contributed by atoms with Crippen molar-refractivity contribution in [2.24, 2.45) is 0 Å². The second-order valence-corrected chi connectivity index (χ2v) is 3.64. The standard InChI is InChI=1S/C10H4F7NO3/c11-6-4(7(19)20)1-3(2-5(6)9(12,13)14)18-8(21)10(15,16)17/h1-2H,(H,18,21)(H,19,20). The molecule has 0 aliphatic heterocycles. The van der Waals surface area contributed by atoms with E-state index in [-0.39, 0.29) is 12.1 Å². The Morgan fingerprint density at radius 3 is 1.95 bits per heavy atom. The number of hydrogen-bond donors (Lipinski definition) is 2. The van der Waals surface area contributed by atoms with Gasteiger partial charge in [-0.15, -0.1) is 0 Å². The number of aromatic carboxylic acids is 1. The van der Waals surface area contributed by atoms with Crippen LogP contribution < -0.4 is 5.32 Å². The third-order valence-corrected chi connectivity index (χ3v) is 2.12. The molecule has 1 aromatic carbocycles. The van der Waals surface area contributed by atoms with Gasteiger partial charge in [0.15, 0.2) is 0 Å². The fraction of sp³-hybridized carbons (Fsp3) is 0.200. The fourth-order valence-corrected chi connectivity index (χ4v) is 1.26. The number of halogens is 7. The van der Waals surface area contributed by atoms with Crippen LogP contribution in [0.5, 0.6) is 0 Å². The molecule has 2 N–H and O–H groups in total. The third kappa shape index (κ3) is 3.83. The normalized spacial score (nSPS) is 12.1. The summed E-state index contributed by atoms with van der Waals surface area (Å²) in [5.41, 5.74) is -4.79. The van der Waals surface area contributed by atoms with Crippen LogP contribution >= 0.6 is 0 Å². The monoisotopic (exact) mass is 319 g/mol. The molecule has 0 aliphatic rings. The molecular weight excluding hydrogens is 315 g/mol. The minimum Gasteiger partial charge on any atom is -0.478 e. The second-order valence-electron chi connectivity index (χ2n) is 3.64. The van der Waals surface area contributed by atoms with Crippen molar-refractivity contribution in [2.45, 2.75) is 12.4 Å². The highest BCUT2D eigenvalue weighted by atomic mass is 19.4. The van der Waals surface area contributed by atoms with Crippen LogP contribution in [0.15, 0.2) is 12.1 Å². The summed E-state index contributed by atoms with van der Waals surface area (Å²) in [4.78, 5) is 21.2. The Balaban J connectivity index is 3.39. The predicted molar refractivity (Wildman–Crippen MR) is 53.0 cm³/mol. The van der Waals surface area contributed by atoms with Crippen molar-refractivity contribution in [3.63, 3.8) is 0 Å². The number of anilines is 1. The van der Waals surface area contributed by atoms with E-state index in [9.17, 15) is 40.3 Å². The lowest BCUT2D eigenvalue weighted by Gasteiger charge is -2.13. The quantitative estimate of drug-likeness (QED) is 0.824. The number of rotatable bonds is 2. The summed E-state index contributed by atoms with van der Waals surface area (Å²) >= 11 is 0. The molecule has 11 heteroatoms. The van der Waals surface area contributed by atoms with Gasteiger partial charge in [-0.1, -0.05) is 0 Å². The molecule has 1 amide bonds. The number of carboxylic acids is 1. The summed E-state index contributed by atoms with van der Waals surface area (Å²) in [5.74, 6) is -6.93. The van der Waals surface area contributed by atoms with Gasteiger partial charge in [-0.25, -0.2) is 9.18 Å². The molecule has 4 nitrogen and oxygen atoms in total. The Labute approximate surface area is 111 Å². The highest BCUT2D eigenvalue weighted by Gasteiger charge is 2.40. The van der Waals surface area contributed by atoms with Gasteiger partial charge < -0.3 is 10.4 Å². The van der Waals surface area contributed by atoms with E-state index >= 15 is 0 Å². The van der Waals surface area contributed by atoms with Gasteiger partial charge in [0, 0.05) is 5.69 Å². The molecule has 0 aliphatic carbocycles. The first-order valence-electron chi connectivity index (χ1n) is 4.86. The first-order valence-corrected chi connectivity index (χ1v) is 4.86. The first kappa shape index (κ1) is 16.7. The van der Waals surface area contributed by atoms with Crippen LogP contribution in [-0.2, 0) is 11.0 Å². The minimum absolute atomic E-state index is 0.134. The second kappa shape index (κ2) is 5.22. The zero-order valence-corrected chi connectivity index (χ0v) is 9.56. The van der Waals surface area contributed by atoms with Crippen molar-refractivity contribution >= 4 is 17.6 Å². The summed E-state index contributed by atoms with van der Waals surface area (Å²) in [5, 5.41) is 9.55. The molecule has 0 fully saturated rings. The van der Waals surface area contributed by atoms with Crippen molar-refractivity contribution in [3.8, 4) is 0 Å². The molecule has 0 saturated heterocycles. The minimum atomic E-state index is -5.41. The maximum atomic E-state index is 13.3. The van der Waals surface area contributed by atoms with E-state index in [2.05, 4.69) is 0 Å². The lowest BCUT2D eigenvalue weighted by atomic mass is 10.1. The molecule has 21 heavy (non-hydrogen) atoms. The first-order chi connectivity index (χ1) is 9.34. The molecule has 1 aromatic rings. The number of alkyl halides is 6. The maximum Gasteiger partial charge on any atom is 0.471 e. The largest absolute Gasteiger partial charge is 0.478 e. The van der Waals surface area contributed by atoms with E-state index < -0.39 is 46.9 Å². The SMILES string of the molecule is O=C(O)c1cc(NC(=O)C(F)(F)F)cc(C(F)(F)F)c1F. The van der Waals surface area contributed by atoms with Gasteiger partial charge in [0.2, 0.25) is 0 Å². The number of nitrogens with one attached hydrogen (secondary N) is 1. The van der Waals surface area contributed by atoms with Crippen LogP contribution in [0.25, 0.3) is 0 Å². The van der Waals surface area contributed by atoms with Crippen LogP contribution in [0.4, 0.5) is 36.4 Å². The predicted octanol–water partition coefficient (Wildman–Crippen LogP) is 3.04. The Hall–Kier alpha value is -2.33. The number of carboxylic acid groups (broad SMARTS) is 1. The number of hydrogen-bond acceptors (Lipinski definition) is 2. The lowest BCUT2D eigenvalue weighted by Crippen LogP contribution is -2.30. The van der Waals surface area contributed by atoms with Crippen LogP contribution in [0.1, 0.15) is 15.9 Å². The average Bonchev–Trinajstić information content (AvgIpc) is 2.27. The van der Waals surface area contributed by atoms with Gasteiger partial charge in [0.05, 0.1) is 11.1 Å². The van der Waals surface area contributed by atoms with Crippen molar-refractivity contribution in [1.29, 1.82) is 0 Å². The summed E-state index contributed by atoms with van der Waals surface area (Å²) in [6, 6.07) is 0.0158. The summed E-state index contributed by atoms with van der Waals surface area (Å²) in [6.07, 6.45) is -10.8. The Bertz CT molecular complexity index is 592. The van der Waals surface area contributed by atoms with Crippen molar-refractivity contribution < 1.29 is 45.4 Å². The van der Waals surface area contributed by atoms with Gasteiger partial charge in [-0.2, -0.15) is 26.3 Å². The van der Waals surface area contributed by atoms with Crippen LogP contribution in [0, 0.1) is 5.82 Å². The van der Waals surface area contributed by atoms with Gasteiger partial charge in [0.1, 0.15) is 5.82 Å². The molecule has 0 heterocycles. The van der Waals surface area contributed by atoms with Gasteiger partial charge >= 0.3 is 24.2 Å². The molecular formula is C10H4F7NO3. The van der Waals surface area contributed by atoms with E-state index in [0.29, 0.717) is 0 Å². The van der Waals surface area contributed by atoms with E-state index in [1.54, 1.807) is 0 Å². The molecule has 0 bridgehead atoms. The Morgan fingerprint density at radius 2 is 1.57 bits per heavy atom. The maximum absolute atomic E-state index is 13.3. The summed E-state index contributed by atoms with van der Waals surface area (Å²) < 4.78 is 86.7. The fourth-order valence-electron chi connectivity index (χ4n) is 1.26. The Kier molecular flexibility index (Phi) is 4.16. The topological polar surface area (TPSA) is 66.4 Å². The van der Waals surface area contributed by atoms with Crippen molar-refractivity contribution in [3.05, 3.63) is 29.1 Å². The number of benzene rings is 1. The summed E-state index contributed by atoms with van der Waals surface area (Å²) in [6.45, 7) is 0. The number of carbonyl (C=O) groups is 2. The van der Waals surface area contributed by atoms with E-state index in [0.717, 1.165) is 5.32 Å². The molecule has 0 atom stereocenters. The van der Waals surface area contributed by atoms with Gasteiger partial charge in [-0.3, -0.25) is 4.79 Å². The molecule has 0 spiro atoms.